The van der Waals surface area contributed by atoms with Gasteiger partial charge in [0.15, 0.2) is 0 Å². The van der Waals surface area contributed by atoms with Gasteiger partial charge in [0.25, 0.3) is 0 Å². The Hall–Kier alpha value is -2.11. The highest BCUT2D eigenvalue weighted by molar-refractivity contribution is 5.74. The van der Waals surface area contributed by atoms with Gasteiger partial charge >= 0.3 is 6.09 Å². The molecule has 0 aromatic heterocycles. The third-order valence-corrected chi connectivity index (χ3v) is 3.19. The van der Waals surface area contributed by atoms with E-state index in [1.807, 2.05) is 0 Å². The molecule has 0 aliphatic carbocycles. The Morgan fingerprint density at radius 3 is 2.73 bits per heavy atom. The highest BCUT2D eigenvalue weighted by Gasteiger charge is 2.38. The monoisotopic (exact) mass is 309 g/mol. The van der Waals surface area contributed by atoms with Crippen LogP contribution in [-0.4, -0.2) is 41.6 Å². The van der Waals surface area contributed by atoms with Gasteiger partial charge in [0, 0.05) is 12.5 Å². The van der Waals surface area contributed by atoms with Crippen molar-refractivity contribution in [2.45, 2.75) is 44.9 Å². The van der Waals surface area contributed by atoms with Crippen molar-refractivity contribution in [3.05, 3.63) is 30.1 Å². The summed E-state index contributed by atoms with van der Waals surface area (Å²) in [5, 5.41) is 0. The number of hydrogen-bond acceptors (Lipinski definition) is 4. The molecule has 0 N–H and O–H groups in total. The normalized spacial score (nSPS) is 21.5. The van der Waals surface area contributed by atoms with E-state index < -0.39 is 23.6 Å². The van der Waals surface area contributed by atoms with Crippen molar-refractivity contribution >= 4 is 12.4 Å². The van der Waals surface area contributed by atoms with Crippen LogP contribution in [0.2, 0.25) is 0 Å². The Morgan fingerprint density at radius 2 is 2.14 bits per heavy atom. The Balaban J connectivity index is 2.02. The molecule has 22 heavy (non-hydrogen) atoms. The minimum absolute atomic E-state index is 0.231. The first-order valence-corrected chi connectivity index (χ1v) is 7.15. The molecule has 1 heterocycles. The highest BCUT2D eigenvalue weighted by Crippen LogP contribution is 2.24. The molecule has 1 amide bonds. The molecular weight excluding hydrogens is 289 g/mol. The molecule has 1 saturated heterocycles. The average Bonchev–Trinajstić information content (AvgIpc) is 2.80. The lowest BCUT2D eigenvalue weighted by atomic mass is 10.2. The van der Waals surface area contributed by atoms with E-state index >= 15 is 0 Å². The molecule has 0 radical (unpaired) electrons. The lowest BCUT2D eigenvalue weighted by molar-refractivity contribution is -0.111. The Bertz CT molecular complexity index is 555. The molecule has 5 nitrogen and oxygen atoms in total. The van der Waals surface area contributed by atoms with Crippen molar-refractivity contribution in [3.8, 4) is 5.75 Å². The summed E-state index contributed by atoms with van der Waals surface area (Å²) in [6.45, 7) is 5.52. The minimum Gasteiger partial charge on any atom is -0.488 e. The van der Waals surface area contributed by atoms with Crippen LogP contribution in [0.3, 0.4) is 0 Å². The van der Waals surface area contributed by atoms with Gasteiger partial charge in [-0.25, -0.2) is 9.18 Å². The predicted molar refractivity (Wildman–Crippen MR) is 78.2 cm³/mol. The second kappa shape index (κ2) is 6.34. The third-order valence-electron chi connectivity index (χ3n) is 3.19. The SMILES string of the molecule is CC(C)(C)OC(=O)N1C[C@H](Oc2cccc(F)c2)C[C@H]1C=O. The summed E-state index contributed by atoms with van der Waals surface area (Å²) < 4.78 is 24.1. The third kappa shape index (κ3) is 4.19. The van der Waals surface area contributed by atoms with Crippen LogP contribution in [0.5, 0.6) is 5.75 Å². The summed E-state index contributed by atoms with van der Waals surface area (Å²) in [6.07, 6.45) is 0.150. The molecule has 1 aromatic rings. The fourth-order valence-corrected chi connectivity index (χ4v) is 2.30. The summed E-state index contributed by atoms with van der Waals surface area (Å²) in [6, 6.07) is 5.18. The zero-order valence-electron chi connectivity index (χ0n) is 12.9. The van der Waals surface area contributed by atoms with Crippen LogP contribution in [0.1, 0.15) is 27.2 Å². The van der Waals surface area contributed by atoms with Crippen LogP contribution in [0.25, 0.3) is 0 Å². The number of likely N-dealkylation sites (tertiary alicyclic amines) is 1. The first-order chi connectivity index (χ1) is 10.3. The Kier molecular flexibility index (Phi) is 4.68. The molecule has 1 fully saturated rings. The first-order valence-electron chi connectivity index (χ1n) is 7.15. The molecule has 1 aliphatic heterocycles. The summed E-state index contributed by atoms with van der Waals surface area (Å²) in [5.41, 5.74) is -0.633. The fourth-order valence-electron chi connectivity index (χ4n) is 2.30. The molecule has 6 heteroatoms. The van der Waals surface area contributed by atoms with Crippen molar-refractivity contribution in [1.29, 1.82) is 0 Å². The summed E-state index contributed by atoms with van der Waals surface area (Å²) >= 11 is 0. The van der Waals surface area contributed by atoms with Crippen LogP contribution < -0.4 is 4.74 Å². The number of amides is 1. The van der Waals surface area contributed by atoms with Crippen molar-refractivity contribution in [2.24, 2.45) is 0 Å². The Morgan fingerprint density at radius 1 is 1.41 bits per heavy atom. The second-order valence-electron chi connectivity index (χ2n) is 6.27. The predicted octanol–water partition coefficient (Wildman–Crippen LogP) is 2.78. The van der Waals surface area contributed by atoms with Crippen molar-refractivity contribution in [1.82, 2.24) is 4.90 Å². The van der Waals surface area contributed by atoms with E-state index in [1.54, 1.807) is 32.9 Å². The lowest BCUT2D eigenvalue weighted by Gasteiger charge is -2.26. The van der Waals surface area contributed by atoms with Gasteiger partial charge in [0.1, 0.15) is 29.6 Å². The zero-order chi connectivity index (χ0) is 16.3. The molecule has 2 atom stereocenters. The largest absolute Gasteiger partial charge is 0.488 e. The van der Waals surface area contributed by atoms with Crippen LogP contribution in [0.4, 0.5) is 9.18 Å². The van der Waals surface area contributed by atoms with Crippen molar-refractivity contribution < 1.29 is 23.5 Å². The topological polar surface area (TPSA) is 55.8 Å². The van der Waals surface area contributed by atoms with E-state index in [-0.39, 0.29) is 12.6 Å². The number of benzene rings is 1. The fraction of sp³-hybridized carbons (Fsp3) is 0.500. The number of rotatable bonds is 3. The molecule has 2 rings (SSSR count). The molecule has 120 valence electrons. The van der Waals surface area contributed by atoms with E-state index in [4.69, 9.17) is 9.47 Å². The summed E-state index contributed by atoms with van der Waals surface area (Å²) in [5.74, 6) is -0.0212. The molecule has 0 spiro atoms. The molecule has 0 bridgehead atoms. The molecule has 1 aromatic carbocycles. The van der Waals surface area contributed by atoms with Gasteiger partial charge in [-0.1, -0.05) is 6.07 Å². The standard InChI is InChI=1S/C16H20FNO4/c1-16(2,3)22-15(20)18-9-14(8-12(18)10-19)21-13-6-4-5-11(17)7-13/h4-7,10,12,14H,8-9H2,1-3H3/t12-,14+/m0/s1. The maximum atomic E-state index is 13.2. The highest BCUT2D eigenvalue weighted by atomic mass is 19.1. The van der Waals surface area contributed by atoms with E-state index in [0.29, 0.717) is 18.5 Å². The van der Waals surface area contributed by atoms with Crippen molar-refractivity contribution in [3.63, 3.8) is 0 Å². The van der Waals surface area contributed by atoms with E-state index in [2.05, 4.69) is 0 Å². The molecule has 0 saturated carbocycles. The van der Waals surface area contributed by atoms with Gasteiger partial charge in [0.05, 0.1) is 12.6 Å². The van der Waals surface area contributed by atoms with Gasteiger partial charge in [-0.15, -0.1) is 0 Å². The van der Waals surface area contributed by atoms with Crippen LogP contribution in [0.15, 0.2) is 24.3 Å². The number of carbonyl (C=O) groups is 2. The lowest BCUT2D eigenvalue weighted by Crippen LogP contribution is -2.41. The quantitative estimate of drug-likeness (QED) is 0.806. The van der Waals surface area contributed by atoms with Gasteiger partial charge < -0.3 is 14.3 Å². The van der Waals surface area contributed by atoms with Crippen LogP contribution in [-0.2, 0) is 9.53 Å². The molecule has 1 aliphatic rings. The van der Waals surface area contributed by atoms with Gasteiger partial charge in [-0.05, 0) is 32.9 Å². The van der Waals surface area contributed by atoms with Gasteiger partial charge in [-0.3, -0.25) is 4.90 Å². The molecular formula is C16H20FNO4. The van der Waals surface area contributed by atoms with E-state index in [9.17, 15) is 14.0 Å². The van der Waals surface area contributed by atoms with Gasteiger partial charge in [0.2, 0.25) is 0 Å². The number of hydrogen-bond donors (Lipinski definition) is 0. The second-order valence-corrected chi connectivity index (χ2v) is 6.27. The zero-order valence-corrected chi connectivity index (χ0v) is 12.9. The molecule has 0 unspecified atom stereocenters. The van der Waals surface area contributed by atoms with Crippen molar-refractivity contribution in [2.75, 3.05) is 6.54 Å². The maximum absolute atomic E-state index is 13.2. The smallest absolute Gasteiger partial charge is 0.411 e. The number of carbonyl (C=O) groups excluding carboxylic acids is 2. The summed E-state index contributed by atoms with van der Waals surface area (Å²) in [4.78, 5) is 24.6. The van der Waals surface area contributed by atoms with Crippen LogP contribution >= 0.6 is 0 Å². The van der Waals surface area contributed by atoms with E-state index in [1.165, 1.54) is 17.0 Å². The van der Waals surface area contributed by atoms with Crippen LogP contribution in [0, 0.1) is 5.82 Å². The minimum atomic E-state index is -0.633. The van der Waals surface area contributed by atoms with E-state index in [0.717, 1.165) is 0 Å². The number of nitrogens with zero attached hydrogens (tertiary/aromatic N) is 1. The summed E-state index contributed by atoms with van der Waals surface area (Å²) in [7, 11) is 0. The number of ether oxygens (including phenoxy) is 2. The van der Waals surface area contributed by atoms with Gasteiger partial charge in [-0.2, -0.15) is 0 Å². The maximum Gasteiger partial charge on any atom is 0.411 e. The number of halogens is 1. The average molecular weight is 309 g/mol. The Labute approximate surface area is 129 Å². The first kappa shape index (κ1) is 16.3. The number of aldehydes is 1.